The van der Waals surface area contributed by atoms with Gasteiger partial charge in [-0.2, -0.15) is 0 Å². The summed E-state index contributed by atoms with van der Waals surface area (Å²) in [7, 11) is 0. The van der Waals surface area contributed by atoms with E-state index in [0.29, 0.717) is 23.7 Å². The molecule has 7 heteroatoms. The maximum atomic E-state index is 14.8. The van der Waals surface area contributed by atoms with Crippen LogP contribution in [-0.2, 0) is 11.3 Å². The third-order valence-electron chi connectivity index (χ3n) is 6.79. The summed E-state index contributed by atoms with van der Waals surface area (Å²) in [6.45, 7) is 4.25. The first-order valence-electron chi connectivity index (χ1n) is 12.1. The zero-order valence-corrected chi connectivity index (χ0v) is 20.3. The monoisotopic (exact) mass is 500 g/mol. The molecule has 36 heavy (non-hydrogen) atoms. The summed E-state index contributed by atoms with van der Waals surface area (Å²) < 4.78 is 68.8. The molecule has 0 bridgehead atoms. The maximum absolute atomic E-state index is 14.8. The van der Waals surface area contributed by atoms with Crippen LogP contribution in [0.15, 0.2) is 48.5 Å². The molecule has 3 nitrogen and oxygen atoms in total. The molecule has 1 fully saturated rings. The van der Waals surface area contributed by atoms with Crippen LogP contribution in [0, 0.1) is 29.2 Å². The van der Waals surface area contributed by atoms with Gasteiger partial charge in [-0.15, -0.1) is 0 Å². The van der Waals surface area contributed by atoms with E-state index in [-0.39, 0.29) is 29.4 Å². The Kier molecular flexibility index (Phi) is 8.09. The SMILES string of the molecule is CCOCc1ccc(-c2ccc(OC(=O)c3ccc(C4CCC(C)CC4)c(F)c3F)cc2)c(F)c1F. The zero-order valence-electron chi connectivity index (χ0n) is 20.3. The molecule has 0 atom stereocenters. The molecule has 190 valence electrons. The van der Waals surface area contributed by atoms with Gasteiger partial charge in [0.05, 0.1) is 12.2 Å². The molecular weight excluding hydrogens is 472 g/mol. The highest BCUT2D eigenvalue weighted by Crippen LogP contribution is 2.37. The Balaban J connectivity index is 1.48. The highest BCUT2D eigenvalue weighted by Gasteiger charge is 2.27. The fourth-order valence-electron chi connectivity index (χ4n) is 4.61. The van der Waals surface area contributed by atoms with E-state index >= 15 is 0 Å². The van der Waals surface area contributed by atoms with E-state index in [4.69, 9.17) is 9.47 Å². The van der Waals surface area contributed by atoms with Crippen molar-refractivity contribution >= 4 is 5.97 Å². The molecular formula is C29H28F4O3. The van der Waals surface area contributed by atoms with E-state index in [0.717, 1.165) is 25.7 Å². The van der Waals surface area contributed by atoms with Crippen LogP contribution >= 0.6 is 0 Å². The Hall–Kier alpha value is -3.19. The minimum absolute atomic E-state index is 0.0337. The van der Waals surface area contributed by atoms with Crippen molar-refractivity contribution in [2.45, 2.75) is 52.1 Å². The first kappa shape index (κ1) is 25.9. The fourth-order valence-corrected chi connectivity index (χ4v) is 4.61. The summed E-state index contributed by atoms with van der Waals surface area (Å²) in [5.74, 6) is -4.70. The smallest absolute Gasteiger partial charge is 0.346 e. The van der Waals surface area contributed by atoms with Crippen LogP contribution < -0.4 is 4.74 Å². The van der Waals surface area contributed by atoms with Gasteiger partial charge in [0.1, 0.15) is 5.75 Å². The van der Waals surface area contributed by atoms with Crippen molar-refractivity contribution in [1.82, 2.24) is 0 Å². The summed E-state index contributed by atoms with van der Waals surface area (Å²) in [5.41, 5.74) is 0.301. The van der Waals surface area contributed by atoms with E-state index in [2.05, 4.69) is 6.92 Å². The molecule has 3 aromatic carbocycles. The molecule has 4 rings (SSSR count). The highest BCUT2D eigenvalue weighted by molar-refractivity contribution is 5.91. The van der Waals surface area contributed by atoms with Crippen molar-refractivity contribution in [2.75, 3.05) is 6.61 Å². The average Bonchev–Trinajstić information content (AvgIpc) is 2.88. The summed E-state index contributed by atoms with van der Waals surface area (Å²) in [5, 5.41) is 0. The first-order valence-corrected chi connectivity index (χ1v) is 12.1. The molecule has 0 saturated heterocycles. The number of hydrogen-bond donors (Lipinski definition) is 0. The average molecular weight is 501 g/mol. The lowest BCUT2D eigenvalue weighted by molar-refractivity contribution is 0.0728. The largest absolute Gasteiger partial charge is 0.423 e. The maximum Gasteiger partial charge on any atom is 0.346 e. The van der Waals surface area contributed by atoms with Crippen LogP contribution in [-0.4, -0.2) is 12.6 Å². The molecule has 0 unspecified atom stereocenters. The van der Waals surface area contributed by atoms with Crippen LogP contribution in [0.4, 0.5) is 17.6 Å². The van der Waals surface area contributed by atoms with Gasteiger partial charge in [0.25, 0.3) is 0 Å². The summed E-state index contributed by atoms with van der Waals surface area (Å²) in [4.78, 5) is 12.5. The number of halogens is 4. The number of benzene rings is 3. The lowest BCUT2D eigenvalue weighted by atomic mass is 9.79. The highest BCUT2D eigenvalue weighted by atomic mass is 19.2. The molecule has 1 aliphatic rings. The lowest BCUT2D eigenvalue weighted by Gasteiger charge is -2.27. The van der Waals surface area contributed by atoms with Crippen LogP contribution in [0.1, 0.15) is 66.9 Å². The van der Waals surface area contributed by atoms with Gasteiger partial charge in [-0.25, -0.2) is 22.4 Å². The Morgan fingerprint density at radius 2 is 1.53 bits per heavy atom. The Labute approximate surface area is 208 Å². The minimum atomic E-state index is -1.22. The van der Waals surface area contributed by atoms with E-state index in [1.54, 1.807) is 6.92 Å². The molecule has 1 aliphatic carbocycles. The van der Waals surface area contributed by atoms with Gasteiger partial charge in [-0.3, -0.25) is 0 Å². The summed E-state index contributed by atoms with van der Waals surface area (Å²) in [6.07, 6.45) is 3.49. The Bertz CT molecular complexity index is 1230. The van der Waals surface area contributed by atoms with Gasteiger partial charge in [-0.05, 0) is 60.9 Å². The molecule has 0 amide bonds. The number of carbonyl (C=O) groups excluding carboxylic acids is 1. The van der Waals surface area contributed by atoms with Gasteiger partial charge >= 0.3 is 5.97 Å². The molecule has 3 aromatic rings. The van der Waals surface area contributed by atoms with Gasteiger partial charge < -0.3 is 9.47 Å². The van der Waals surface area contributed by atoms with Gasteiger partial charge in [0.15, 0.2) is 23.3 Å². The first-order chi connectivity index (χ1) is 17.3. The normalized spacial score (nSPS) is 17.7. The Morgan fingerprint density at radius 3 is 2.19 bits per heavy atom. The van der Waals surface area contributed by atoms with E-state index in [1.807, 2.05) is 0 Å². The minimum Gasteiger partial charge on any atom is -0.423 e. The standard InChI is InChI=1S/C29H28F4O3/c1-3-35-16-20-10-13-22(26(31)25(20)30)19-8-11-21(12-9-19)36-29(34)24-15-14-23(27(32)28(24)33)18-6-4-17(2)5-7-18/h8-15,17-18H,3-7,16H2,1-2H3. The van der Waals surface area contributed by atoms with Crippen molar-refractivity contribution in [3.05, 3.63) is 88.5 Å². The molecule has 0 aliphatic heterocycles. The number of rotatable bonds is 7. The van der Waals surface area contributed by atoms with Gasteiger partial charge in [0, 0.05) is 17.7 Å². The van der Waals surface area contributed by atoms with E-state index in [1.165, 1.54) is 48.5 Å². The molecule has 0 spiro atoms. The summed E-state index contributed by atoms with van der Waals surface area (Å²) >= 11 is 0. The quantitative estimate of drug-likeness (QED) is 0.188. The summed E-state index contributed by atoms with van der Waals surface area (Å²) in [6, 6.07) is 11.3. The number of carbonyl (C=O) groups is 1. The third kappa shape index (κ3) is 5.46. The predicted octanol–water partition coefficient (Wildman–Crippen LogP) is 7.96. The van der Waals surface area contributed by atoms with E-state index < -0.39 is 34.8 Å². The molecule has 1 saturated carbocycles. The molecule has 0 heterocycles. The second-order valence-electron chi connectivity index (χ2n) is 9.24. The number of esters is 1. The topological polar surface area (TPSA) is 35.5 Å². The zero-order chi connectivity index (χ0) is 25.8. The van der Waals surface area contributed by atoms with Crippen molar-refractivity contribution in [3.63, 3.8) is 0 Å². The van der Waals surface area contributed by atoms with Crippen LogP contribution in [0.3, 0.4) is 0 Å². The van der Waals surface area contributed by atoms with Crippen LogP contribution in [0.2, 0.25) is 0 Å². The second-order valence-corrected chi connectivity index (χ2v) is 9.24. The number of hydrogen-bond acceptors (Lipinski definition) is 3. The van der Waals surface area contributed by atoms with Crippen LogP contribution in [0.5, 0.6) is 5.75 Å². The lowest BCUT2D eigenvalue weighted by Crippen LogP contribution is -2.16. The molecule has 0 aromatic heterocycles. The van der Waals surface area contributed by atoms with Gasteiger partial charge in [-0.1, -0.05) is 50.1 Å². The number of ether oxygens (including phenoxy) is 2. The molecule has 0 radical (unpaired) electrons. The van der Waals surface area contributed by atoms with Crippen molar-refractivity contribution < 1.29 is 31.8 Å². The van der Waals surface area contributed by atoms with Gasteiger partial charge in [0.2, 0.25) is 0 Å². The van der Waals surface area contributed by atoms with Crippen molar-refractivity contribution in [3.8, 4) is 16.9 Å². The molecule has 0 N–H and O–H groups in total. The predicted molar refractivity (Wildman–Crippen MR) is 129 cm³/mol. The second kappa shape index (κ2) is 11.2. The fraction of sp³-hybridized carbons (Fsp3) is 0.345. The van der Waals surface area contributed by atoms with Crippen molar-refractivity contribution in [2.24, 2.45) is 5.92 Å². The third-order valence-corrected chi connectivity index (χ3v) is 6.79. The van der Waals surface area contributed by atoms with Crippen LogP contribution in [0.25, 0.3) is 11.1 Å². The van der Waals surface area contributed by atoms with E-state index in [9.17, 15) is 22.4 Å². The van der Waals surface area contributed by atoms with Crippen molar-refractivity contribution in [1.29, 1.82) is 0 Å². The Morgan fingerprint density at radius 1 is 0.833 bits per heavy atom.